The van der Waals surface area contributed by atoms with Gasteiger partial charge in [-0.05, 0) is 23.6 Å². The average Bonchev–Trinajstić information content (AvgIpc) is 2.94. The molecule has 110 valence electrons. The quantitative estimate of drug-likeness (QED) is 0.686. The maximum absolute atomic E-state index is 10.9. The summed E-state index contributed by atoms with van der Waals surface area (Å²) in [4.78, 5) is 11.9. The van der Waals surface area contributed by atoms with Crippen molar-refractivity contribution in [3.8, 4) is 0 Å². The van der Waals surface area contributed by atoms with E-state index >= 15 is 0 Å². The minimum atomic E-state index is -1.52. The molecule has 20 heavy (non-hydrogen) atoms. The maximum Gasteiger partial charge on any atom is 0.331 e. The highest BCUT2D eigenvalue weighted by atomic mass is 32.1. The first-order valence-electron chi connectivity index (χ1n) is 6.58. The van der Waals surface area contributed by atoms with Gasteiger partial charge in [0.25, 0.3) is 0 Å². The van der Waals surface area contributed by atoms with E-state index in [1.165, 1.54) is 4.50 Å². The summed E-state index contributed by atoms with van der Waals surface area (Å²) in [5.41, 5.74) is 1.42. The molecule has 1 aromatic heterocycles. The highest BCUT2D eigenvalue weighted by Gasteiger charge is 2.30. The predicted molar refractivity (Wildman–Crippen MR) is 83.2 cm³/mol. The summed E-state index contributed by atoms with van der Waals surface area (Å²) in [6.45, 7) is 9.66. The molecule has 0 saturated carbocycles. The number of ether oxygens (including phenoxy) is 2. The Balaban J connectivity index is 2.42. The normalized spacial score (nSPS) is 17.7. The maximum atomic E-state index is 10.9. The largest absolute Gasteiger partial charge is 0.478 e. The molecular weight excluding hydrogens is 292 g/mol. The Labute approximate surface area is 124 Å². The Hall–Kier alpha value is -0.953. The number of hydrogen-bond donors (Lipinski definition) is 1. The van der Waals surface area contributed by atoms with Crippen molar-refractivity contribution >= 4 is 36.0 Å². The zero-order chi connectivity index (χ0) is 14.9. The lowest BCUT2D eigenvalue weighted by Gasteiger charge is -2.19. The van der Waals surface area contributed by atoms with Crippen molar-refractivity contribution in [3.05, 3.63) is 22.1 Å². The summed E-state index contributed by atoms with van der Waals surface area (Å²) in [5, 5.41) is 8.99. The van der Waals surface area contributed by atoms with Crippen LogP contribution in [0.5, 0.6) is 0 Å². The van der Waals surface area contributed by atoms with Crippen molar-refractivity contribution < 1.29 is 19.4 Å². The summed E-state index contributed by atoms with van der Waals surface area (Å²) >= 11 is 1.66. The van der Waals surface area contributed by atoms with Crippen molar-refractivity contribution in [2.24, 2.45) is 0 Å². The minimum absolute atomic E-state index is 0.291. The van der Waals surface area contributed by atoms with E-state index in [1.807, 2.05) is 6.07 Å². The molecule has 2 heterocycles. The van der Waals surface area contributed by atoms with E-state index in [2.05, 4.69) is 19.6 Å². The first-order chi connectivity index (χ1) is 9.29. The van der Waals surface area contributed by atoms with Gasteiger partial charge in [0.2, 0.25) is 0 Å². The smallest absolute Gasteiger partial charge is 0.331 e. The highest BCUT2D eigenvalue weighted by Crippen LogP contribution is 2.29. The van der Waals surface area contributed by atoms with Crippen LogP contribution in [0.1, 0.15) is 23.7 Å². The summed E-state index contributed by atoms with van der Waals surface area (Å²) in [5.74, 6) is -0.886. The van der Waals surface area contributed by atoms with Gasteiger partial charge in [-0.2, -0.15) is 0 Å². The number of aliphatic carboxylic acids is 1. The van der Waals surface area contributed by atoms with Crippen molar-refractivity contribution in [2.75, 3.05) is 13.2 Å². The van der Waals surface area contributed by atoms with Crippen LogP contribution >= 0.6 is 11.3 Å². The van der Waals surface area contributed by atoms with E-state index in [4.69, 9.17) is 14.6 Å². The van der Waals surface area contributed by atoms with Crippen molar-refractivity contribution in [1.82, 2.24) is 0 Å². The first-order valence-corrected chi connectivity index (χ1v) is 10.9. The third-order valence-corrected chi connectivity index (χ3v) is 7.74. The fourth-order valence-corrected chi connectivity index (χ4v) is 5.64. The van der Waals surface area contributed by atoms with Crippen LogP contribution in [-0.4, -0.2) is 32.4 Å². The van der Waals surface area contributed by atoms with Gasteiger partial charge in [0.05, 0.1) is 21.3 Å². The summed E-state index contributed by atoms with van der Waals surface area (Å²) in [7, 11) is -1.52. The third kappa shape index (κ3) is 3.38. The van der Waals surface area contributed by atoms with Crippen LogP contribution in [0.2, 0.25) is 19.6 Å². The molecule has 0 amide bonds. The number of rotatable bonds is 4. The molecule has 0 unspecified atom stereocenters. The molecular formula is C14H20O4SSi. The van der Waals surface area contributed by atoms with Crippen LogP contribution in [0.4, 0.5) is 0 Å². The Morgan fingerprint density at radius 2 is 2.00 bits per heavy atom. The van der Waals surface area contributed by atoms with E-state index < -0.39 is 14.0 Å². The lowest BCUT2D eigenvalue weighted by atomic mass is 10.2. The number of carbonyl (C=O) groups is 1. The van der Waals surface area contributed by atoms with Crippen molar-refractivity contribution in [2.45, 2.75) is 32.9 Å². The SMILES string of the molecule is C/C(=C\c1cc(C2OCCO2)c([Si](C)(C)C)s1)C(=O)O. The van der Waals surface area contributed by atoms with Crippen molar-refractivity contribution in [3.63, 3.8) is 0 Å². The molecule has 0 radical (unpaired) electrons. The highest BCUT2D eigenvalue weighted by molar-refractivity contribution is 7.27. The topological polar surface area (TPSA) is 55.8 Å². The van der Waals surface area contributed by atoms with Gasteiger partial charge in [0.15, 0.2) is 6.29 Å². The molecule has 1 fully saturated rings. The van der Waals surface area contributed by atoms with E-state index in [9.17, 15) is 4.79 Å². The molecule has 1 aromatic rings. The Kier molecular flexibility index (Phi) is 4.48. The lowest BCUT2D eigenvalue weighted by Crippen LogP contribution is -2.38. The lowest BCUT2D eigenvalue weighted by molar-refractivity contribution is -0.132. The number of carboxylic acids is 1. The predicted octanol–water partition coefficient (Wildman–Crippen LogP) is 2.83. The van der Waals surface area contributed by atoms with Gasteiger partial charge in [0.1, 0.15) is 0 Å². The number of thiophene rings is 1. The average molecular weight is 312 g/mol. The zero-order valence-electron chi connectivity index (χ0n) is 12.2. The third-order valence-electron chi connectivity index (χ3n) is 3.03. The molecule has 4 nitrogen and oxygen atoms in total. The molecule has 1 aliphatic heterocycles. The van der Waals surface area contributed by atoms with Gasteiger partial charge in [-0.25, -0.2) is 4.79 Å². The molecule has 2 rings (SSSR count). The molecule has 1 aliphatic rings. The van der Waals surface area contributed by atoms with Crippen LogP contribution in [0, 0.1) is 0 Å². The van der Waals surface area contributed by atoms with E-state index in [0.29, 0.717) is 18.8 Å². The Bertz CT molecular complexity index is 536. The molecule has 6 heteroatoms. The molecule has 0 spiro atoms. The van der Waals surface area contributed by atoms with Gasteiger partial charge in [-0.15, -0.1) is 11.3 Å². The van der Waals surface area contributed by atoms with Crippen LogP contribution in [0.3, 0.4) is 0 Å². The zero-order valence-corrected chi connectivity index (χ0v) is 14.0. The summed E-state index contributed by atoms with van der Waals surface area (Å²) in [6.07, 6.45) is 1.43. The number of hydrogen-bond acceptors (Lipinski definition) is 4. The van der Waals surface area contributed by atoms with E-state index in [-0.39, 0.29) is 6.29 Å². The van der Waals surface area contributed by atoms with Crippen LogP contribution < -0.4 is 4.50 Å². The Morgan fingerprint density at radius 1 is 1.40 bits per heavy atom. The molecule has 1 N–H and O–H groups in total. The second-order valence-electron chi connectivity index (χ2n) is 5.89. The fourth-order valence-electron chi connectivity index (χ4n) is 2.07. The van der Waals surface area contributed by atoms with Gasteiger partial charge >= 0.3 is 5.97 Å². The van der Waals surface area contributed by atoms with Crippen molar-refractivity contribution in [1.29, 1.82) is 0 Å². The number of carboxylic acid groups (broad SMARTS) is 1. The van der Waals surface area contributed by atoms with Gasteiger partial charge < -0.3 is 14.6 Å². The first kappa shape index (κ1) is 15.4. The monoisotopic (exact) mass is 312 g/mol. The van der Waals surface area contributed by atoms with Crippen LogP contribution in [0.25, 0.3) is 6.08 Å². The molecule has 0 bridgehead atoms. The Morgan fingerprint density at radius 3 is 2.50 bits per heavy atom. The standard InChI is InChI=1S/C14H20O4SSi/c1-9(12(15)16)7-10-8-11(13-17-5-6-18-13)14(19-10)20(2,3)4/h7-8,13H,5-6H2,1-4H3,(H,15,16)/b9-7+. The molecule has 0 aromatic carbocycles. The molecule has 0 atom stereocenters. The van der Waals surface area contributed by atoms with E-state index in [0.717, 1.165) is 10.4 Å². The second kappa shape index (κ2) is 5.81. The minimum Gasteiger partial charge on any atom is -0.478 e. The van der Waals surface area contributed by atoms with Gasteiger partial charge in [-0.1, -0.05) is 19.6 Å². The fraction of sp³-hybridized carbons (Fsp3) is 0.500. The summed E-state index contributed by atoms with van der Waals surface area (Å²) < 4.78 is 12.5. The summed E-state index contributed by atoms with van der Waals surface area (Å²) in [6, 6.07) is 2.01. The van der Waals surface area contributed by atoms with Gasteiger partial charge in [0, 0.05) is 16.0 Å². The van der Waals surface area contributed by atoms with Gasteiger partial charge in [-0.3, -0.25) is 0 Å². The van der Waals surface area contributed by atoms with E-state index in [1.54, 1.807) is 24.3 Å². The molecule has 1 saturated heterocycles. The second-order valence-corrected chi connectivity index (χ2v) is 12.3. The molecule has 0 aliphatic carbocycles. The van der Waals surface area contributed by atoms with Crippen LogP contribution in [0.15, 0.2) is 11.6 Å². The van der Waals surface area contributed by atoms with Crippen LogP contribution in [-0.2, 0) is 14.3 Å².